The van der Waals surface area contributed by atoms with Gasteiger partial charge in [-0.3, -0.25) is 24.7 Å². The van der Waals surface area contributed by atoms with Gasteiger partial charge in [0.05, 0.1) is 11.0 Å². The van der Waals surface area contributed by atoms with Crippen molar-refractivity contribution in [3.8, 4) is 0 Å². The number of aliphatic imine (C=N–C) groups is 1. The highest BCUT2D eigenvalue weighted by atomic mass is 32.2. The molecule has 1 aromatic rings. The largest absolute Gasteiger partial charge is 0.320 e. The predicted octanol–water partition coefficient (Wildman–Crippen LogP) is 2.76. The molecule has 1 aromatic carbocycles. The number of benzene rings is 1. The zero-order chi connectivity index (χ0) is 18.7. The van der Waals surface area contributed by atoms with Gasteiger partial charge in [-0.1, -0.05) is 30.7 Å². The van der Waals surface area contributed by atoms with Crippen LogP contribution in [0.5, 0.6) is 0 Å². The van der Waals surface area contributed by atoms with Crippen molar-refractivity contribution in [1.82, 2.24) is 5.32 Å². The molecule has 1 saturated heterocycles. The Labute approximate surface area is 155 Å². The number of aryl methyl sites for hydroxylation is 1. The third-order valence-electron chi connectivity index (χ3n) is 4.40. The molecule has 2 fully saturated rings. The van der Waals surface area contributed by atoms with E-state index in [4.69, 9.17) is 0 Å². The molecule has 2 aliphatic rings. The Bertz CT molecular complexity index is 774. The summed E-state index contributed by atoms with van der Waals surface area (Å²) in [5.41, 5.74) is 0.701. The SMILES string of the molecule is Cc1ccc(NC(=O)C[C@@H]2SC(=NC3CCCC3)NC2=O)c([N+](=O)[O-])c1. The molecule has 1 aliphatic heterocycles. The highest BCUT2D eigenvalue weighted by molar-refractivity contribution is 8.15. The van der Waals surface area contributed by atoms with Gasteiger partial charge >= 0.3 is 0 Å². The second kappa shape index (κ2) is 7.86. The van der Waals surface area contributed by atoms with Crippen molar-refractivity contribution in [2.75, 3.05) is 5.32 Å². The molecule has 0 spiro atoms. The minimum Gasteiger partial charge on any atom is -0.320 e. The van der Waals surface area contributed by atoms with Crippen molar-refractivity contribution >= 4 is 40.1 Å². The summed E-state index contributed by atoms with van der Waals surface area (Å²) in [6.07, 6.45) is 4.30. The van der Waals surface area contributed by atoms with E-state index in [0.717, 1.165) is 31.2 Å². The summed E-state index contributed by atoms with van der Waals surface area (Å²) in [5, 5.41) is 16.4. The minimum absolute atomic E-state index is 0.0643. The summed E-state index contributed by atoms with van der Waals surface area (Å²) in [6.45, 7) is 1.74. The molecule has 8 nitrogen and oxygen atoms in total. The van der Waals surface area contributed by atoms with Crippen LogP contribution < -0.4 is 10.6 Å². The average molecular weight is 376 g/mol. The second-order valence-electron chi connectivity index (χ2n) is 6.50. The van der Waals surface area contributed by atoms with E-state index in [0.29, 0.717) is 5.17 Å². The van der Waals surface area contributed by atoms with Crippen molar-refractivity contribution in [3.05, 3.63) is 33.9 Å². The number of amides is 2. The minimum atomic E-state index is -0.570. The smallest absolute Gasteiger partial charge is 0.293 e. The van der Waals surface area contributed by atoms with E-state index in [-0.39, 0.29) is 29.7 Å². The first kappa shape index (κ1) is 18.4. The van der Waals surface area contributed by atoms with Gasteiger partial charge in [0.25, 0.3) is 5.69 Å². The average Bonchev–Trinajstić information content (AvgIpc) is 3.19. The molecule has 2 amide bonds. The van der Waals surface area contributed by atoms with Gasteiger partial charge in [0, 0.05) is 12.5 Å². The first-order chi connectivity index (χ1) is 12.4. The van der Waals surface area contributed by atoms with Crippen molar-refractivity contribution in [1.29, 1.82) is 0 Å². The van der Waals surface area contributed by atoms with Crippen LogP contribution in [-0.2, 0) is 9.59 Å². The third kappa shape index (κ3) is 4.40. The number of hydrogen-bond donors (Lipinski definition) is 2. The maximum absolute atomic E-state index is 12.3. The Morgan fingerprint density at radius 2 is 2.15 bits per heavy atom. The lowest BCUT2D eigenvalue weighted by Gasteiger charge is -2.08. The summed E-state index contributed by atoms with van der Waals surface area (Å²) in [5.74, 6) is -0.688. The quantitative estimate of drug-likeness (QED) is 0.606. The van der Waals surface area contributed by atoms with Gasteiger partial charge in [0.2, 0.25) is 11.8 Å². The molecular formula is C17H20N4O4S. The van der Waals surface area contributed by atoms with E-state index in [1.165, 1.54) is 23.9 Å². The lowest BCUT2D eigenvalue weighted by atomic mass is 10.2. The van der Waals surface area contributed by atoms with Crippen LogP contribution in [-0.4, -0.2) is 33.2 Å². The van der Waals surface area contributed by atoms with Crippen LogP contribution in [0.25, 0.3) is 0 Å². The number of carbonyl (C=O) groups excluding carboxylic acids is 2. The molecule has 138 valence electrons. The zero-order valence-corrected chi connectivity index (χ0v) is 15.2. The Morgan fingerprint density at radius 1 is 1.42 bits per heavy atom. The van der Waals surface area contributed by atoms with Crippen LogP contribution in [0.3, 0.4) is 0 Å². The van der Waals surface area contributed by atoms with E-state index < -0.39 is 16.1 Å². The fourth-order valence-corrected chi connectivity index (χ4v) is 4.11. The van der Waals surface area contributed by atoms with Crippen LogP contribution >= 0.6 is 11.8 Å². The number of rotatable bonds is 5. The number of thioether (sulfide) groups is 1. The van der Waals surface area contributed by atoms with Crippen LogP contribution in [0.1, 0.15) is 37.7 Å². The molecule has 1 atom stereocenters. The number of carbonyl (C=O) groups is 2. The molecular weight excluding hydrogens is 356 g/mol. The Balaban J connectivity index is 1.62. The van der Waals surface area contributed by atoms with Gasteiger partial charge in [0.15, 0.2) is 5.17 Å². The maximum Gasteiger partial charge on any atom is 0.293 e. The number of anilines is 1. The number of nitrogens with zero attached hydrogens (tertiary/aromatic N) is 2. The van der Waals surface area contributed by atoms with Crippen LogP contribution in [0.4, 0.5) is 11.4 Å². The number of nitrogens with one attached hydrogen (secondary N) is 2. The van der Waals surface area contributed by atoms with Crippen molar-refractivity contribution in [2.24, 2.45) is 4.99 Å². The van der Waals surface area contributed by atoms with Gasteiger partial charge in [-0.25, -0.2) is 0 Å². The lowest BCUT2D eigenvalue weighted by molar-refractivity contribution is -0.384. The fraction of sp³-hybridized carbons (Fsp3) is 0.471. The molecule has 1 saturated carbocycles. The van der Waals surface area contributed by atoms with E-state index >= 15 is 0 Å². The van der Waals surface area contributed by atoms with Gasteiger partial charge in [0.1, 0.15) is 10.9 Å². The summed E-state index contributed by atoms with van der Waals surface area (Å²) in [4.78, 5) is 39.5. The molecule has 0 radical (unpaired) electrons. The van der Waals surface area contributed by atoms with Crippen molar-refractivity contribution < 1.29 is 14.5 Å². The van der Waals surface area contributed by atoms with E-state index in [1.54, 1.807) is 13.0 Å². The number of nitro groups is 1. The normalized spacial score (nSPS) is 21.8. The topological polar surface area (TPSA) is 114 Å². The van der Waals surface area contributed by atoms with E-state index in [1.807, 2.05) is 0 Å². The molecule has 9 heteroatoms. The van der Waals surface area contributed by atoms with Crippen LogP contribution in [0.2, 0.25) is 0 Å². The molecule has 1 heterocycles. The van der Waals surface area contributed by atoms with E-state index in [2.05, 4.69) is 15.6 Å². The molecule has 0 bridgehead atoms. The molecule has 0 aromatic heterocycles. The highest BCUT2D eigenvalue weighted by Gasteiger charge is 2.33. The van der Waals surface area contributed by atoms with Crippen LogP contribution in [0, 0.1) is 17.0 Å². The van der Waals surface area contributed by atoms with Crippen LogP contribution in [0.15, 0.2) is 23.2 Å². The maximum atomic E-state index is 12.3. The Kier molecular flexibility index (Phi) is 5.55. The molecule has 0 unspecified atom stereocenters. The van der Waals surface area contributed by atoms with Gasteiger partial charge in [-0.05, 0) is 31.4 Å². The summed E-state index contributed by atoms with van der Waals surface area (Å²) in [6, 6.07) is 4.84. The Morgan fingerprint density at radius 3 is 2.85 bits per heavy atom. The molecule has 1 aliphatic carbocycles. The highest BCUT2D eigenvalue weighted by Crippen LogP contribution is 2.29. The fourth-order valence-electron chi connectivity index (χ4n) is 3.07. The van der Waals surface area contributed by atoms with Crippen molar-refractivity contribution in [3.63, 3.8) is 0 Å². The summed E-state index contributed by atoms with van der Waals surface area (Å²) in [7, 11) is 0. The monoisotopic (exact) mass is 376 g/mol. The first-order valence-corrected chi connectivity index (χ1v) is 9.40. The second-order valence-corrected chi connectivity index (χ2v) is 7.69. The number of nitro benzene ring substituents is 1. The Hall–Kier alpha value is -2.42. The zero-order valence-electron chi connectivity index (χ0n) is 14.4. The van der Waals surface area contributed by atoms with E-state index in [9.17, 15) is 19.7 Å². The number of amidine groups is 1. The molecule has 2 N–H and O–H groups in total. The van der Waals surface area contributed by atoms with Gasteiger partial charge in [-0.2, -0.15) is 0 Å². The summed E-state index contributed by atoms with van der Waals surface area (Å²) < 4.78 is 0. The predicted molar refractivity (Wildman–Crippen MR) is 100 cm³/mol. The third-order valence-corrected chi connectivity index (χ3v) is 5.49. The van der Waals surface area contributed by atoms with Gasteiger partial charge in [-0.15, -0.1) is 0 Å². The summed E-state index contributed by atoms with van der Waals surface area (Å²) >= 11 is 1.25. The van der Waals surface area contributed by atoms with Gasteiger partial charge < -0.3 is 10.6 Å². The molecule has 26 heavy (non-hydrogen) atoms. The molecule has 3 rings (SSSR count). The van der Waals surface area contributed by atoms with Crippen molar-refractivity contribution in [2.45, 2.75) is 50.3 Å². The first-order valence-electron chi connectivity index (χ1n) is 8.52. The number of hydrogen-bond acceptors (Lipinski definition) is 6. The standard InChI is InChI=1S/C17H20N4O4S/c1-10-6-7-12(13(8-10)21(24)25)19-15(22)9-14-16(23)20-17(26-14)18-11-4-2-3-5-11/h6-8,11,14H,2-5,9H2,1H3,(H,19,22)(H,18,20,23)/t14-/m0/s1. The lowest BCUT2D eigenvalue weighted by Crippen LogP contribution is -2.28.